The molecule has 0 aromatic carbocycles. The van der Waals surface area contributed by atoms with Gasteiger partial charge in [-0.05, 0) is 43.5 Å². The number of carbonyl (C=O) groups excluding carboxylic acids is 1. The molecule has 124 valence electrons. The summed E-state index contributed by atoms with van der Waals surface area (Å²) in [6.45, 7) is 4.10. The van der Waals surface area contributed by atoms with Crippen molar-refractivity contribution >= 4 is 39.0 Å². The van der Waals surface area contributed by atoms with Crippen LogP contribution in [0.3, 0.4) is 0 Å². The molecule has 0 spiro atoms. The van der Waals surface area contributed by atoms with Crippen LogP contribution >= 0.6 is 11.3 Å². The van der Waals surface area contributed by atoms with Crippen molar-refractivity contribution < 1.29 is 4.79 Å². The topological polar surface area (TPSA) is 80.9 Å². The van der Waals surface area contributed by atoms with E-state index in [2.05, 4.69) is 22.2 Å². The van der Waals surface area contributed by atoms with Crippen molar-refractivity contribution in [2.75, 3.05) is 11.1 Å². The molecule has 1 amide bonds. The highest BCUT2D eigenvalue weighted by Crippen LogP contribution is 2.33. The van der Waals surface area contributed by atoms with Crippen LogP contribution in [0.5, 0.6) is 0 Å². The second-order valence-electron chi connectivity index (χ2n) is 5.78. The Kier molecular flexibility index (Phi) is 4.76. The van der Waals surface area contributed by atoms with E-state index in [1.165, 1.54) is 11.3 Å². The molecule has 3 aromatic rings. The predicted molar refractivity (Wildman–Crippen MR) is 99.6 cm³/mol. The number of carbonyl (C=O) groups is 1. The van der Waals surface area contributed by atoms with Gasteiger partial charge in [-0.2, -0.15) is 0 Å². The third kappa shape index (κ3) is 3.38. The number of aromatic nitrogens is 2. The smallest absolute Gasteiger partial charge is 0.269 e. The molecule has 3 N–H and O–H groups in total. The fourth-order valence-electron chi connectivity index (χ4n) is 2.42. The number of nitrogens with zero attached hydrogens (tertiary/aromatic N) is 2. The third-order valence-electron chi connectivity index (χ3n) is 3.80. The van der Waals surface area contributed by atoms with Crippen molar-refractivity contribution in [1.82, 2.24) is 9.97 Å². The third-order valence-corrected chi connectivity index (χ3v) is 4.91. The van der Waals surface area contributed by atoms with Crippen LogP contribution < -0.4 is 11.1 Å². The Balaban J connectivity index is 1.86. The summed E-state index contributed by atoms with van der Waals surface area (Å²) in [5.41, 5.74) is 8.72. The van der Waals surface area contributed by atoms with E-state index in [-0.39, 0.29) is 5.91 Å². The predicted octanol–water partition coefficient (Wildman–Crippen LogP) is 4.18. The molecule has 0 radical (unpaired) electrons. The van der Waals surface area contributed by atoms with Crippen LogP contribution in [0.25, 0.3) is 10.2 Å². The quantitative estimate of drug-likeness (QED) is 0.730. The van der Waals surface area contributed by atoms with Crippen molar-refractivity contribution in [3.63, 3.8) is 0 Å². The van der Waals surface area contributed by atoms with E-state index in [1.54, 1.807) is 12.3 Å². The number of amides is 1. The van der Waals surface area contributed by atoms with Crippen molar-refractivity contribution in [1.29, 1.82) is 0 Å². The maximum absolute atomic E-state index is 12.5. The molecular weight excluding hydrogens is 320 g/mol. The minimum atomic E-state index is -0.248. The normalized spacial score (nSPS) is 10.9. The summed E-state index contributed by atoms with van der Waals surface area (Å²) >= 11 is 1.33. The Labute approximate surface area is 144 Å². The Morgan fingerprint density at radius 1 is 1.29 bits per heavy atom. The van der Waals surface area contributed by atoms with Crippen molar-refractivity contribution in [3.8, 4) is 0 Å². The van der Waals surface area contributed by atoms with Crippen molar-refractivity contribution in [2.45, 2.75) is 33.1 Å². The van der Waals surface area contributed by atoms with Gasteiger partial charge in [0, 0.05) is 17.3 Å². The van der Waals surface area contributed by atoms with E-state index in [0.29, 0.717) is 16.4 Å². The molecule has 0 aliphatic carbocycles. The number of unbranched alkanes of at least 4 members (excludes halogenated alkanes) is 1. The first-order valence-electron chi connectivity index (χ1n) is 8.00. The molecule has 0 saturated heterocycles. The number of anilines is 2. The molecule has 3 rings (SSSR count). The number of thiophene rings is 1. The summed E-state index contributed by atoms with van der Waals surface area (Å²) in [5.74, 6) is 0.265. The summed E-state index contributed by atoms with van der Waals surface area (Å²) < 4.78 is 0. The Hall–Kier alpha value is -2.47. The molecule has 0 saturated carbocycles. The Morgan fingerprint density at radius 2 is 2.12 bits per heavy atom. The van der Waals surface area contributed by atoms with Gasteiger partial charge in [0.2, 0.25) is 0 Å². The number of aryl methyl sites for hydroxylation is 2. The van der Waals surface area contributed by atoms with Crippen LogP contribution in [0.1, 0.15) is 40.7 Å². The van der Waals surface area contributed by atoms with E-state index >= 15 is 0 Å². The summed E-state index contributed by atoms with van der Waals surface area (Å²) in [6.07, 6.45) is 4.89. The first-order valence-corrected chi connectivity index (χ1v) is 8.82. The lowest BCUT2D eigenvalue weighted by molar-refractivity contribution is 0.103. The van der Waals surface area contributed by atoms with Crippen LogP contribution in [0, 0.1) is 6.92 Å². The Morgan fingerprint density at radius 3 is 2.83 bits per heavy atom. The summed E-state index contributed by atoms with van der Waals surface area (Å²) in [6, 6.07) is 7.63. The number of rotatable bonds is 5. The van der Waals surface area contributed by atoms with E-state index in [4.69, 9.17) is 5.73 Å². The fourth-order valence-corrected chi connectivity index (χ4v) is 3.42. The lowest BCUT2D eigenvalue weighted by Crippen LogP contribution is -2.12. The molecule has 0 atom stereocenters. The molecule has 0 fully saturated rings. The van der Waals surface area contributed by atoms with E-state index in [0.717, 1.165) is 40.7 Å². The highest BCUT2D eigenvalue weighted by Gasteiger charge is 2.18. The molecule has 6 heteroatoms. The minimum absolute atomic E-state index is 0.248. The number of nitrogen functional groups attached to an aromatic ring is 1. The fraction of sp³-hybridized carbons (Fsp3) is 0.278. The number of fused-ring (bicyclic) bond motifs is 1. The standard InChI is InChI=1S/C18H20N4OS/c1-3-4-5-12-7-8-13-15(19)16(24-18(13)21-12)17(23)22-14-9-6-11(2)10-20-14/h6-10H,3-5,19H2,1-2H3,(H,20,22,23). The van der Waals surface area contributed by atoms with Crippen molar-refractivity contribution in [3.05, 3.63) is 46.6 Å². The minimum Gasteiger partial charge on any atom is -0.397 e. The molecule has 3 aromatic heterocycles. The van der Waals surface area contributed by atoms with Gasteiger partial charge in [-0.25, -0.2) is 9.97 Å². The van der Waals surface area contributed by atoms with Gasteiger partial charge >= 0.3 is 0 Å². The van der Waals surface area contributed by atoms with Crippen molar-refractivity contribution in [2.24, 2.45) is 0 Å². The number of hydrogen-bond acceptors (Lipinski definition) is 5. The maximum atomic E-state index is 12.5. The van der Waals surface area contributed by atoms with Gasteiger partial charge in [0.25, 0.3) is 5.91 Å². The highest BCUT2D eigenvalue weighted by molar-refractivity contribution is 7.21. The summed E-state index contributed by atoms with van der Waals surface area (Å²) in [7, 11) is 0. The molecule has 3 heterocycles. The average Bonchev–Trinajstić information content (AvgIpc) is 2.91. The lowest BCUT2D eigenvalue weighted by atomic mass is 10.1. The molecule has 0 unspecified atom stereocenters. The molecule has 0 aliphatic heterocycles. The number of pyridine rings is 2. The average molecular weight is 340 g/mol. The Bertz CT molecular complexity index is 871. The van der Waals surface area contributed by atoms with Crippen LogP contribution in [0.2, 0.25) is 0 Å². The number of nitrogens with two attached hydrogens (primary N) is 1. The van der Waals surface area contributed by atoms with Gasteiger partial charge in [0.05, 0.1) is 5.69 Å². The van der Waals surface area contributed by atoms with Gasteiger partial charge in [-0.1, -0.05) is 19.4 Å². The molecule has 0 bridgehead atoms. The molecular formula is C18H20N4OS. The number of hydrogen-bond donors (Lipinski definition) is 2. The molecule has 24 heavy (non-hydrogen) atoms. The SMILES string of the molecule is CCCCc1ccc2c(N)c(C(=O)Nc3ccc(C)cn3)sc2n1. The van der Waals surface area contributed by atoms with Gasteiger partial charge in [-0.15, -0.1) is 11.3 Å². The zero-order chi connectivity index (χ0) is 17.1. The zero-order valence-electron chi connectivity index (χ0n) is 13.8. The summed E-state index contributed by atoms with van der Waals surface area (Å²) in [4.78, 5) is 22.6. The van der Waals surface area contributed by atoms with E-state index in [1.807, 2.05) is 25.1 Å². The molecule has 5 nitrogen and oxygen atoms in total. The first-order chi connectivity index (χ1) is 11.6. The van der Waals surface area contributed by atoms with Gasteiger partial charge in [-0.3, -0.25) is 4.79 Å². The lowest BCUT2D eigenvalue weighted by Gasteiger charge is -2.03. The highest BCUT2D eigenvalue weighted by atomic mass is 32.1. The number of nitrogens with one attached hydrogen (secondary N) is 1. The van der Waals surface area contributed by atoms with Gasteiger partial charge in [0.1, 0.15) is 15.5 Å². The van der Waals surface area contributed by atoms with Crippen LogP contribution in [-0.2, 0) is 6.42 Å². The first kappa shape index (κ1) is 16.4. The largest absolute Gasteiger partial charge is 0.397 e. The molecule has 0 aliphatic rings. The van der Waals surface area contributed by atoms with Gasteiger partial charge in [0.15, 0.2) is 0 Å². The van der Waals surface area contributed by atoms with Crippen LogP contribution in [0.15, 0.2) is 30.5 Å². The zero-order valence-corrected chi connectivity index (χ0v) is 14.6. The maximum Gasteiger partial charge on any atom is 0.269 e. The van der Waals surface area contributed by atoms with Gasteiger partial charge < -0.3 is 11.1 Å². The second kappa shape index (κ2) is 6.97. The summed E-state index contributed by atoms with van der Waals surface area (Å²) in [5, 5.41) is 3.62. The second-order valence-corrected chi connectivity index (χ2v) is 6.78. The van der Waals surface area contributed by atoms with Crippen LogP contribution in [0.4, 0.5) is 11.5 Å². The monoisotopic (exact) mass is 340 g/mol. The van der Waals surface area contributed by atoms with Crippen LogP contribution in [-0.4, -0.2) is 15.9 Å². The van der Waals surface area contributed by atoms with E-state index in [9.17, 15) is 4.79 Å². The van der Waals surface area contributed by atoms with E-state index < -0.39 is 0 Å².